The quantitative estimate of drug-likeness (QED) is 0.541. The molecule has 1 N–H and O–H groups in total. The molecule has 3 nitrogen and oxygen atoms in total. The lowest BCUT2D eigenvalue weighted by Crippen LogP contribution is -2.15. The molecule has 0 amide bonds. The molecule has 0 aromatic rings. The van der Waals surface area contributed by atoms with E-state index in [2.05, 4.69) is 0 Å². The first-order chi connectivity index (χ1) is 3.68. The molecule has 44 valence electrons. The van der Waals surface area contributed by atoms with E-state index in [1.807, 2.05) is 0 Å². The molecule has 3 heteroatoms. The highest BCUT2D eigenvalue weighted by Gasteiger charge is 2.06. The average Bonchev–Trinajstić information content (AvgIpc) is 1.67. The van der Waals surface area contributed by atoms with Crippen LogP contribution in [-0.2, 0) is 4.79 Å². The van der Waals surface area contributed by atoms with Crippen molar-refractivity contribution in [1.29, 1.82) is 5.26 Å². The van der Waals surface area contributed by atoms with Crippen molar-refractivity contribution >= 4 is 5.78 Å². The highest BCUT2D eigenvalue weighted by Crippen LogP contribution is 1.88. The molecular formula is C5H7NO2. The van der Waals surface area contributed by atoms with Gasteiger partial charge in [0.15, 0.2) is 5.78 Å². The molecule has 0 aliphatic rings. The van der Waals surface area contributed by atoms with Gasteiger partial charge in [0.2, 0.25) is 0 Å². The molecule has 0 heterocycles. The Labute approximate surface area is 47.5 Å². The Balaban J connectivity index is 3.52. The lowest BCUT2D eigenvalue weighted by molar-refractivity contribution is -0.124. The van der Waals surface area contributed by atoms with Crippen LogP contribution in [0, 0.1) is 11.3 Å². The molecular weight excluding hydrogens is 106 g/mol. The minimum Gasteiger partial charge on any atom is -0.384 e. The summed E-state index contributed by atoms with van der Waals surface area (Å²) in [6, 6.07) is 1.68. The zero-order valence-corrected chi connectivity index (χ0v) is 4.59. The van der Waals surface area contributed by atoms with Gasteiger partial charge in [-0.1, -0.05) is 0 Å². The van der Waals surface area contributed by atoms with E-state index in [-0.39, 0.29) is 12.2 Å². The van der Waals surface area contributed by atoms with Gasteiger partial charge in [0.25, 0.3) is 0 Å². The highest BCUT2D eigenvalue weighted by molar-refractivity contribution is 5.80. The van der Waals surface area contributed by atoms with Gasteiger partial charge in [-0.3, -0.25) is 4.79 Å². The van der Waals surface area contributed by atoms with Crippen LogP contribution in [0.1, 0.15) is 13.3 Å². The summed E-state index contributed by atoms with van der Waals surface area (Å²) < 4.78 is 0. The summed E-state index contributed by atoms with van der Waals surface area (Å²) in [5, 5.41) is 16.5. The number of ketones is 1. The average molecular weight is 113 g/mol. The maximum atomic E-state index is 10.1. The first-order valence-electron chi connectivity index (χ1n) is 2.24. The van der Waals surface area contributed by atoms with Crippen molar-refractivity contribution in [2.45, 2.75) is 19.4 Å². The fourth-order valence-electron chi connectivity index (χ4n) is 0.230. The van der Waals surface area contributed by atoms with Crippen molar-refractivity contribution in [3.05, 3.63) is 0 Å². The number of carbonyl (C=O) groups is 1. The highest BCUT2D eigenvalue weighted by atomic mass is 16.3. The molecule has 0 spiro atoms. The Morgan fingerprint density at radius 1 is 2.00 bits per heavy atom. The largest absolute Gasteiger partial charge is 0.384 e. The fraction of sp³-hybridized carbons (Fsp3) is 0.600. The Morgan fingerprint density at radius 2 is 2.50 bits per heavy atom. The Bertz CT molecular complexity index is 125. The van der Waals surface area contributed by atoms with Gasteiger partial charge in [-0.15, -0.1) is 0 Å². The number of hydrogen-bond donors (Lipinski definition) is 1. The second kappa shape index (κ2) is 3.16. The van der Waals surface area contributed by atoms with E-state index in [4.69, 9.17) is 10.4 Å². The first-order valence-corrected chi connectivity index (χ1v) is 2.24. The van der Waals surface area contributed by atoms with Gasteiger partial charge in [-0.25, -0.2) is 0 Å². The third-order valence-electron chi connectivity index (χ3n) is 0.754. The van der Waals surface area contributed by atoms with Crippen LogP contribution < -0.4 is 0 Å². The summed E-state index contributed by atoms with van der Waals surface area (Å²) >= 11 is 0. The van der Waals surface area contributed by atoms with Crippen LogP contribution in [0.25, 0.3) is 0 Å². The Morgan fingerprint density at radius 3 is 2.62 bits per heavy atom. The predicted octanol–water partition coefficient (Wildman–Crippen LogP) is -0.150. The number of nitriles is 1. The second-order valence-corrected chi connectivity index (χ2v) is 1.49. The second-order valence-electron chi connectivity index (χ2n) is 1.49. The summed E-state index contributed by atoms with van der Waals surface area (Å²) in [6.07, 6.45) is -1.19. The lowest BCUT2D eigenvalue weighted by Gasteiger charge is -1.96. The molecule has 0 radical (unpaired) electrons. The summed E-state index contributed by atoms with van der Waals surface area (Å²) in [4.78, 5) is 10.1. The van der Waals surface area contributed by atoms with Crippen molar-refractivity contribution in [2.75, 3.05) is 0 Å². The van der Waals surface area contributed by atoms with E-state index in [1.54, 1.807) is 6.07 Å². The molecule has 0 fully saturated rings. The number of aliphatic hydroxyl groups excluding tert-OH is 1. The number of aliphatic hydroxyl groups is 1. The third kappa shape index (κ3) is 2.32. The molecule has 0 aromatic heterocycles. The maximum Gasteiger partial charge on any atom is 0.159 e. The summed E-state index contributed by atoms with van der Waals surface area (Å²) in [6.45, 7) is 1.25. The number of rotatable bonds is 2. The summed E-state index contributed by atoms with van der Waals surface area (Å²) in [5.41, 5.74) is 0. The van der Waals surface area contributed by atoms with Crippen LogP contribution in [0.3, 0.4) is 0 Å². The third-order valence-corrected chi connectivity index (χ3v) is 0.754. The molecule has 0 aliphatic carbocycles. The van der Waals surface area contributed by atoms with Gasteiger partial charge in [0, 0.05) is 0 Å². The Hall–Kier alpha value is -0.880. The van der Waals surface area contributed by atoms with Gasteiger partial charge >= 0.3 is 0 Å². The van der Waals surface area contributed by atoms with Gasteiger partial charge in [-0.2, -0.15) is 5.26 Å². The molecule has 0 aliphatic heterocycles. The van der Waals surface area contributed by atoms with Crippen molar-refractivity contribution in [3.63, 3.8) is 0 Å². The van der Waals surface area contributed by atoms with Gasteiger partial charge in [0.05, 0.1) is 12.5 Å². The van der Waals surface area contributed by atoms with E-state index < -0.39 is 6.10 Å². The molecule has 1 atom stereocenters. The maximum absolute atomic E-state index is 10.1. The molecule has 0 bridgehead atoms. The first kappa shape index (κ1) is 7.12. The van der Waals surface area contributed by atoms with Crippen molar-refractivity contribution in [1.82, 2.24) is 0 Å². The predicted molar refractivity (Wildman–Crippen MR) is 26.9 cm³/mol. The van der Waals surface area contributed by atoms with Crippen LogP contribution in [0.15, 0.2) is 0 Å². The molecule has 0 saturated carbocycles. The van der Waals surface area contributed by atoms with Crippen molar-refractivity contribution in [2.24, 2.45) is 0 Å². The van der Waals surface area contributed by atoms with Crippen LogP contribution in [0.5, 0.6) is 0 Å². The molecule has 0 unspecified atom stereocenters. The van der Waals surface area contributed by atoms with E-state index in [1.165, 1.54) is 6.92 Å². The normalized spacial score (nSPS) is 12.1. The van der Waals surface area contributed by atoms with Gasteiger partial charge in [-0.05, 0) is 6.92 Å². The van der Waals surface area contributed by atoms with Crippen LogP contribution in [0.2, 0.25) is 0 Å². The molecule has 0 aromatic carbocycles. The SMILES string of the molecule is CC(=O)[C@@H](O)CC#N. The summed E-state index contributed by atoms with van der Waals surface area (Å²) in [5.74, 6) is -0.355. The zero-order valence-electron chi connectivity index (χ0n) is 4.59. The van der Waals surface area contributed by atoms with E-state index >= 15 is 0 Å². The number of hydrogen-bond acceptors (Lipinski definition) is 3. The van der Waals surface area contributed by atoms with Crippen LogP contribution in [0.4, 0.5) is 0 Å². The fourth-order valence-corrected chi connectivity index (χ4v) is 0.230. The van der Waals surface area contributed by atoms with Crippen molar-refractivity contribution < 1.29 is 9.90 Å². The van der Waals surface area contributed by atoms with E-state index in [0.29, 0.717) is 0 Å². The Kier molecular flexibility index (Phi) is 2.82. The minimum atomic E-state index is -1.08. The molecule has 8 heavy (non-hydrogen) atoms. The van der Waals surface area contributed by atoms with Crippen LogP contribution >= 0.6 is 0 Å². The topological polar surface area (TPSA) is 61.1 Å². The number of Topliss-reactive ketones (excluding diaryl/α,β-unsaturated/α-hetero) is 1. The molecule has 0 rings (SSSR count). The van der Waals surface area contributed by atoms with E-state index in [9.17, 15) is 4.79 Å². The van der Waals surface area contributed by atoms with Gasteiger partial charge in [0.1, 0.15) is 6.10 Å². The minimum absolute atomic E-state index is 0.102. The van der Waals surface area contributed by atoms with Gasteiger partial charge < -0.3 is 5.11 Å². The number of nitrogens with zero attached hydrogens (tertiary/aromatic N) is 1. The lowest BCUT2D eigenvalue weighted by atomic mass is 10.2. The number of carbonyl (C=O) groups excluding carboxylic acids is 1. The smallest absolute Gasteiger partial charge is 0.159 e. The van der Waals surface area contributed by atoms with Crippen molar-refractivity contribution in [3.8, 4) is 6.07 Å². The zero-order chi connectivity index (χ0) is 6.57. The molecule has 0 saturated heterocycles. The monoisotopic (exact) mass is 113 g/mol. The summed E-state index contributed by atoms with van der Waals surface area (Å²) in [7, 11) is 0. The van der Waals surface area contributed by atoms with Crippen LogP contribution in [-0.4, -0.2) is 17.0 Å². The van der Waals surface area contributed by atoms with E-state index in [0.717, 1.165) is 0 Å². The standard InChI is InChI=1S/C5H7NO2/c1-4(7)5(8)2-3-6/h5,8H,2H2,1H3/t5-/m0/s1.